The fourth-order valence-electron chi connectivity index (χ4n) is 1.23. The maximum Gasteiger partial charge on any atom is 0.327 e. The molecule has 0 atom stereocenters. The Bertz CT molecular complexity index is 739. The lowest BCUT2D eigenvalue weighted by Crippen LogP contribution is -2.24. The van der Waals surface area contributed by atoms with E-state index in [-0.39, 0.29) is 16.6 Å². The Balaban J connectivity index is 0.000000312. The Morgan fingerprint density at radius 3 is 1.95 bits per heavy atom. The van der Waals surface area contributed by atoms with E-state index in [0.29, 0.717) is 11.0 Å². The number of aromatic nitrogens is 3. The van der Waals surface area contributed by atoms with Gasteiger partial charge in [-0.15, -0.1) is 0 Å². The summed E-state index contributed by atoms with van der Waals surface area (Å²) in [5, 5.41) is 0.265. The fourth-order valence-corrected chi connectivity index (χ4v) is 1.23. The lowest BCUT2D eigenvalue weighted by molar-refractivity contribution is 0.469. The van der Waals surface area contributed by atoms with Crippen LogP contribution in [0.25, 0.3) is 11.0 Å². The highest BCUT2D eigenvalue weighted by Crippen LogP contribution is 2.08. The summed E-state index contributed by atoms with van der Waals surface area (Å²) in [5.74, 6) is 0. The molecule has 0 aliphatic rings. The van der Waals surface area contributed by atoms with Crippen molar-refractivity contribution in [2.24, 2.45) is 5.41 Å². The number of rotatable bonds is 0. The Morgan fingerprint density at radius 2 is 1.42 bits per heavy atom. The number of pyridine rings is 1. The molecule has 0 fully saturated rings. The predicted octanol–water partition coefficient (Wildman–Crippen LogP) is 1.27. The molecule has 2 heterocycles. The number of aromatic amines is 3. The molecule has 0 saturated heterocycles. The van der Waals surface area contributed by atoms with Crippen molar-refractivity contribution in [2.75, 3.05) is 0 Å². The third-order valence-electron chi connectivity index (χ3n) is 1.94. The molecule has 0 aromatic carbocycles. The summed E-state index contributed by atoms with van der Waals surface area (Å²) in [4.78, 5) is 40.1. The van der Waals surface area contributed by atoms with Crippen molar-refractivity contribution in [1.82, 2.24) is 15.0 Å². The van der Waals surface area contributed by atoms with Gasteiger partial charge in [-0.3, -0.25) is 19.6 Å². The molecule has 0 spiro atoms. The van der Waals surface area contributed by atoms with Crippen LogP contribution in [0.3, 0.4) is 0 Å². The van der Waals surface area contributed by atoms with Crippen LogP contribution in [-0.2, 0) is 0 Å². The summed E-state index contributed by atoms with van der Waals surface area (Å²) in [6.07, 6.45) is 0. The first-order valence-corrected chi connectivity index (χ1v) is 5.94. The van der Waals surface area contributed by atoms with Crippen molar-refractivity contribution >= 4 is 11.0 Å². The quantitative estimate of drug-likeness (QED) is 0.668. The summed E-state index contributed by atoms with van der Waals surface area (Å²) in [6.45, 7) is 10.3. The van der Waals surface area contributed by atoms with E-state index in [1.54, 1.807) is 6.92 Å². The lowest BCUT2D eigenvalue weighted by Gasteiger charge is -2.05. The first-order chi connectivity index (χ1) is 8.58. The van der Waals surface area contributed by atoms with Gasteiger partial charge in [0.1, 0.15) is 5.65 Å². The topological polar surface area (TPSA) is 98.6 Å². The minimum absolute atomic E-state index is 0.148. The molecule has 0 radical (unpaired) electrons. The Hall–Kier alpha value is -2.11. The molecule has 2 aromatic rings. The molecule has 0 saturated carbocycles. The highest BCUT2D eigenvalue weighted by molar-refractivity contribution is 5.73. The smallest absolute Gasteiger partial charge is 0.308 e. The van der Waals surface area contributed by atoms with Crippen molar-refractivity contribution in [2.45, 2.75) is 34.6 Å². The van der Waals surface area contributed by atoms with Gasteiger partial charge in [-0.05, 0) is 18.4 Å². The van der Waals surface area contributed by atoms with Crippen LogP contribution >= 0.6 is 0 Å². The molecule has 2 aromatic heterocycles. The van der Waals surface area contributed by atoms with E-state index < -0.39 is 11.2 Å². The van der Waals surface area contributed by atoms with Gasteiger partial charge in [-0.1, -0.05) is 27.7 Å². The average molecular weight is 265 g/mol. The standard InChI is InChI=1S/C8H7N3O3.C5H12/c1-3-2-4-5(9-6(3)12)10-8(14)11-7(4)13;1-5(2,3)4/h2H,1H3,(H3,9,10,11,12,13,14);1-4H3. The van der Waals surface area contributed by atoms with Gasteiger partial charge in [0.25, 0.3) is 11.1 Å². The molecule has 6 nitrogen and oxygen atoms in total. The van der Waals surface area contributed by atoms with Gasteiger partial charge in [-0.25, -0.2) is 4.79 Å². The molecule has 3 N–H and O–H groups in total. The van der Waals surface area contributed by atoms with Crippen molar-refractivity contribution in [3.8, 4) is 0 Å². The third-order valence-corrected chi connectivity index (χ3v) is 1.94. The lowest BCUT2D eigenvalue weighted by atomic mass is 10.0. The molecule has 104 valence electrons. The zero-order valence-corrected chi connectivity index (χ0v) is 11.8. The van der Waals surface area contributed by atoms with Gasteiger partial charge < -0.3 is 4.98 Å². The van der Waals surface area contributed by atoms with E-state index >= 15 is 0 Å². The van der Waals surface area contributed by atoms with Crippen molar-refractivity contribution < 1.29 is 0 Å². The zero-order chi connectivity index (χ0) is 14.8. The number of hydrogen-bond donors (Lipinski definition) is 3. The van der Waals surface area contributed by atoms with E-state index in [1.807, 2.05) is 0 Å². The summed E-state index contributed by atoms with van der Waals surface area (Å²) in [6, 6.07) is 1.43. The second kappa shape index (κ2) is 5.26. The third kappa shape index (κ3) is 4.57. The van der Waals surface area contributed by atoms with Gasteiger partial charge in [0.2, 0.25) is 0 Å². The molecule has 2 rings (SSSR count). The highest BCUT2D eigenvalue weighted by Gasteiger charge is 2.03. The maximum atomic E-state index is 11.3. The number of nitrogens with one attached hydrogen (secondary N) is 3. The normalized spacial score (nSPS) is 11.0. The van der Waals surface area contributed by atoms with E-state index in [0.717, 1.165) is 0 Å². The molecule has 0 bridgehead atoms. The molecular weight excluding hydrogens is 246 g/mol. The maximum absolute atomic E-state index is 11.3. The molecular formula is C13H19N3O3. The molecule has 0 unspecified atom stereocenters. The molecule has 0 aliphatic carbocycles. The number of fused-ring (bicyclic) bond motifs is 1. The minimum Gasteiger partial charge on any atom is -0.308 e. The second-order valence-electron chi connectivity index (χ2n) is 5.98. The summed E-state index contributed by atoms with van der Waals surface area (Å²) < 4.78 is 0. The summed E-state index contributed by atoms with van der Waals surface area (Å²) in [5.41, 5.74) is -0.395. The van der Waals surface area contributed by atoms with E-state index in [1.165, 1.54) is 6.07 Å². The van der Waals surface area contributed by atoms with Crippen molar-refractivity contribution in [1.29, 1.82) is 0 Å². The monoisotopic (exact) mass is 265 g/mol. The largest absolute Gasteiger partial charge is 0.327 e. The van der Waals surface area contributed by atoms with Crippen LogP contribution in [0.2, 0.25) is 0 Å². The minimum atomic E-state index is -0.637. The van der Waals surface area contributed by atoms with E-state index in [9.17, 15) is 14.4 Å². The van der Waals surface area contributed by atoms with Gasteiger partial charge in [0, 0.05) is 5.56 Å². The Labute approximate surface area is 109 Å². The predicted molar refractivity (Wildman–Crippen MR) is 75.7 cm³/mol. The summed E-state index contributed by atoms with van der Waals surface area (Å²) in [7, 11) is 0. The van der Waals surface area contributed by atoms with Crippen LogP contribution in [0, 0.1) is 12.3 Å². The first-order valence-electron chi connectivity index (χ1n) is 5.94. The average Bonchev–Trinajstić information content (AvgIpc) is 2.18. The van der Waals surface area contributed by atoms with Crippen molar-refractivity contribution in [3.05, 3.63) is 42.8 Å². The SMILES string of the molecule is CC(C)(C)C.Cc1cc2c(=O)[nH]c(=O)[nH]c2[nH]c1=O. The van der Waals surface area contributed by atoms with Crippen LogP contribution in [0.15, 0.2) is 20.4 Å². The number of aryl methyl sites for hydroxylation is 1. The van der Waals surface area contributed by atoms with Crippen LogP contribution in [0.1, 0.15) is 33.3 Å². The van der Waals surface area contributed by atoms with Gasteiger partial charge >= 0.3 is 5.69 Å². The van der Waals surface area contributed by atoms with Crippen LogP contribution < -0.4 is 16.8 Å². The number of hydrogen-bond acceptors (Lipinski definition) is 3. The van der Waals surface area contributed by atoms with Crippen LogP contribution in [0.4, 0.5) is 0 Å². The Morgan fingerprint density at radius 1 is 0.895 bits per heavy atom. The van der Waals surface area contributed by atoms with Crippen LogP contribution in [-0.4, -0.2) is 15.0 Å². The Kier molecular flexibility index (Phi) is 4.14. The highest BCUT2D eigenvalue weighted by atomic mass is 16.2. The van der Waals surface area contributed by atoms with Gasteiger partial charge in [0.05, 0.1) is 5.39 Å². The van der Waals surface area contributed by atoms with Crippen molar-refractivity contribution in [3.63, 3.8) is 0 Å². The first kappa shape index (κ1) is 14.9. The molecule has 6 heteroatoms. The van der Waals surface area contributed by atoms with E-state index in [2.05, 4.69) is 42.6 Å². The number of H-pyrrole nitrogens is 3. The van der Waals surface area contributed by atoms with Crippen LogP contribution in [0.5, 0.6) is 0 Å². The van der Waals surface area contributed by atoms with E-state index in [4.69, 9.17) is 0 Å². The fraction of sp³-hybridized carbons (Fsp3) is 0.462. The molecule has 19 heavy (non-hydrogen) atoms. The summed E-state index contributed by atoms with van der Waals surface area (Å²) >= 11 is 0. The molecule has 0 aliphatic heterocycles. The van der Waals surface area contributed by atoms with Gasteiger partial charge in [0.15, 0.2) is 0 Å². The second-order valence-corrected chi connectivity index (χ2v) is 5.98. The molecule has 0 amide bonds. The van der Waals surface area contributed by atoms with Gasteiger partial charge in [-0.2, -0.15) is 0 Å². The zero-order valence-electron chi connectivity index (χ0n) is 11.8.